The highest BCUT2D eigenvalue weighted by Gasteiger charge is 2.25. The minimum atomic E-state index is -0.359. The molecule has 1 heterocycles. The molecule has 1 atom stereocenters. The summed E-state index contributed by atoms with van der Waals surface area (Å²) < 4.78 is 5.45. The van der Waals surface area contributed by atoms with Gasteiger partial charge in [-0.2, -0.15) is 0 Å². The number of methoxy groups -OCH3 is 1. The van der Waals surface area contributed by atoms with E-state index < -0.39 is 0 Å². The van der Waals surface area contributed by atoms with Crippen molar-refractivity contribution in [2.24, 2.45) is 5.92 Å². The van der Waals surface area contributed by atoms with Crippen molar-refractivity contribution in [3.8, 4) is 0 Å². The fraction of sp³-hybridized carbons (Fsp3) is 0.273. The Morgan fingerprint density at radius 3 is 2.39 bits per heavy atom. The Balaban J connectivity index is 1.60. The number of hydrogen-bond donors (Lipinski definition) is 1. The van der Waals surface area contributed by atoms with Crippen LogP contribution in [-0.4, -0.2) is 29.2 Å². The largest absolute Gasteiger partial charge is 0.465 e. The first-order chi connectivity index (χ1) is 14.9. The molecule has 0 saturated carbocycles. The number of benzene rings is 2. The van der Waals surface area contributed by atoms with Crippen molar-refractivity contribution in [2.45, 2.75) is 29.9 Å². The summed E-state index contributed by atoms with van der Waals surface area (Å²) in [5.74, 6) is -0.0180. The molecular weight excluding hydrogens is 454 g/mol. The minimum Gasteiger partial charge on any atom is -0.465 e. The van der Waals surface area contributed by atoms with Crippen molar-refractivity contribution >= 4 is 51.7 Å². The predicted molar refractivity (Wildman–Crippen MR) is 125 cm³/mol. The van der Waals surface area contributed by atoms with Crippen LogP contribution < -0.4 is 5.32 Å². The highest BCUT2D eigenvalue weighted by atomic mass is 35.5. The fourth-order valence-corrected chi connectivity index (χ4v) is 4.85. The van der Waals surface area contributed by atoms with Gasteiger partial charge in [0, 0.05) is 10.8 Å². The molecule has 3 rings (SSSR count). The summed E-state index contributed by atoms with van der Waals surface area (Å²) in [5.41, 5.74) is 2.46. The molecule has 0 fully saturated rings. The number of anilines is 1. The van der Waals surface area contributed by atoms with Crippen LogP contribution in [0.15, 0.2) is 52.9 Å². The number of thioether (sulfide) groups is 1. The lowest BCUT2D eigenvalue weighted by Gasteiger charge is -2.20. The van der Waals surface area contributed by atoms with E-state index in [9.17, 15) is 9.59 Å². The Kier molecular flexibility index (Phi) is 8.06. The predicted octanol–water partition coefficient (Wildman–Crippen LogP) is 5.65. The van der Waals surface area contributed by atoms with E-state index >= 15 is 0 Å². The fourth-order valence-electron chi connectivity index (χ4n) is 3.01. The van der Waals surface area contributed by atoms with Gasteiger partial charge in [0.1, 0.15) is 0 Å². The van der Waals surface area contributed by atoms with Crippen LogP contribution in [0, 0.1) is 5.92 Å². The summed E-state index contributed by atoms with van der Waals surface area (Å²) in [6, 6.07) is 14.5. The van der Waals surface area contributed by atoms with E-state index in [1.807, 2.05) is 38.1 Å². The Morgan fingerprint density at radius 1 is 1.10 bits per heavy atom. The van der Waals surface area contributed by atoms with E-state index in [4.69, 9.17) is 16.3 Å². The number of aromatic nitrogens is 2. The zero-order chi connectivity index (χ0) is 22.4. The van der Waals surface area contributed by atoms with Gasteiger partial charge >= 0.3 is 5.97 Å². The quantitative estimate of drug-likeness (QED) is 0.257. The third kappa shape index (κ3) is 6.29. The standard InChI is InChI=1S/C22H22ClN3O3S2/c1-13(2)18(15-8-10-17(23)11-9-15)19(27)24-21-25-26-22(31-21)30-12-14-4-6-16(7-5-14)20(28)29-3/h4-11,13,18H,12H2,1-3H3,(H,24,25,27). The first-order valence-electron chi connectivity index (χ1n) is 9.57. The average molecular weight is 476 g/mol. The number of carbonyl (C=O) groups is 2. The smallest absolute Gasteiger partial charge is 0.337 e. The van der Waals surface area contributed by atoms with Gasteiger partial charge in [-0.3, -0.25) is 10.1 Å². The summed E-state index contributed by atoms with van der Waals surface area (Å²) in [6.45, 7) is 4.01. The molecule has 1 unspecified atom stereocenters. The number of halogens is 1. The van der Waals surface area contributed by atoms with Crippen molar-refractivity contribution in [1.82, 2.24) is 10.2 Å². The lowest BCUT2D eigenvalue weighted by molar-refractivity contribution is -0.118. The molecule has 0 radical (unpaired) electrons. The number of esters is 1. The lowest BCUT2D eigenvalue weighted by Crippen LogP contribution is -2.25. The maximum atomic E-state index is 12.9. The third-order valence-corrected chi connectivity index (χ3v) is 6.85. The van der Waals surface area contributed by atoms with E-state index in [2.05, 4.69) is 15.5 Å². The van der Waals surface area contributed by atoms with Gasteiger partial charge in [0.05, 0.1) is 18.6 Å². The van der Waals surface area contributed by atoms with Crippen LogP contribution in [0.3, 0.4) is 0 Å². The van der Waals surface area contributed by atoms with Crippen LogP contribution in [0.2, 0.25) is 5.02 Å². The number of rotatable bonds is 8. The first kappa shape index (κ1) is 23.2. The first-order valence-corrected chi connectivity index (χ1v) is 11.7. The number of ether oxygens (including phenoxy) is 1. The van der Waals surface area contributed by atoms with E-state index in [0.29, 0.717) is 21.5 Å². The molecule has 0 spiro atoms. The maximum Gasteiger partial charge on any atom is 0.337 e. The van der Waals surface area contributed by atoms with E-state index in [0.717, 1.165) is 15.5 Å². The number of carbonyl (C=O) groups excluding carboxylic acids is 2. The molecule has 2 aromatic carbocycles. The molecule has 0 aliphatic carbocycles. The summed E-state index contributed by atoms with van der Waals surface area (Å²) in [6.07, 6.45) is 0. The molecule has 0 aliphatic rings. The van der Waals surface area contributed by atoms with Crippen LogP contribution in [0.4, 0.5) is 5.13 Å². The van der Waals surface area contributed by atoms with Crippen LogP contribution in [0.5, 0.6) is 0 Å². The maximum absolute atomic E-state index is 12.9. The molecule has 3 aromatic rings. The SMILES string of the molecule is COC(=O)c1ccc(CSc2nnc(NC(=O)C(c3ccc(Cl)cc3)C(C)C)s2)cc1. The molecule has 162 valence electrons. The molecule has 1 amide bonds. The number of hydrogen-bond acceptors (Lipinski definition) is 7. The van der Waals surface area contributed by atoms with Gasteiger partial charge in [0.15, 0.2) is 4.34 Å². The minimum absolute atomic E-state index is 0.107. The van der Waals surface area contributed by atoms with Crippen molar-refractivity contribution in [3.05, 3.63) is 70.2 Å². The average Bonchev–Trinajstić information content (AvgIpc) is 3.20. The van der Waals surface area contributed by atoms with Gasteiger partial charge in [-0.05, 0) is 41.3 Å². The second-order valence-corrected chi connectivity index (χ2v) is 9.75. The topological polar surface area (TPSA) is 81.2 Å². The Bertz CT molecular complexity index is 1040. The summed E-state index contributed by atoms with van der Waals surface area (Å²) in [7, 11) is 1.36. The van der Waals surface area contributed by atoms with Crippen molar-refractivity contribution in [2.75, 3.05) is 12.4 Å². The molecule has 0 aliphatic heterocycles. The van der Waals surface area contributed by atoms with Crippen LogP contribution in [0.1, 0.15) is 41.3 Å². The van der Waals surface area contributed by atoms with Gasteiger partial charge in [0.25, 0.3) is 0 Å². The van der Waals surface area contributed by atoms with Gasteiger partial charge in [-0.15, -0.1) is 10.2 Å². The molecule has 1 aromatic heterocycles. The zero-order valence-electron chi connectivity index (χ0n) is 17.3. The van der Waals surface area contributed by atoms with Gasteiger partial charge in [0.2, 0.25) is 11.0 Å². The van der Waals surface area contributed by atoms with Crippen LogP contribution >= 0.6 is 34.7 Å². The summed E-state index contributed by atoms with van der Waals surface area (Å²) >= 11 is 8.82. The van der Waals surface area contributed by atoms with Crippen molar-refractivity contribution in [3.63, 3.8) is 0 Å². The molecule has 0 saturated heterocycles. The number of nitrogens with one attached hydrogen (secondary N) is 1. The van der Waals surface area contributed by atoms with E-state index in [-0.39, 0.29) is 23.7 Å². The lowest BCUT2D eigenvalue weighted by atomic mass is 9.88. The van der Waals surface area contributed by atoms with Gasteiger partial charge < -0.3 is 4.74 Å². The molecule has 31 heavy (non-hydrogen) atoms. The van der Waals surface area contributed by atoms with Crippen molar-refractivity contribution < 1.29 is 14.3 Å². The second kappa shape index (κ2) is 10.7. The van der Waals surface area contributed by atoms with Crippen LogP contribution in [0.25, 0.3) is 0 Å². The van der Waals surface area contributed by atoms with Gasteiger partial charge in [-0.1, -0.05) is 72.8 Å². The Labute approximate surface area is 194 Å². The van der Waals surface area contributed by atoms with Crippen molar-refractivity contribution in [1.29, 1.82) is 0 Å². The highest BCUT2D eigenvalue weighted by molar-refractivity contribution is 8.00. The normalized spacial score (nSPS) is 11.9. The highest BCUT2D eigenvalue weighted by Crippen LogP contribution is 2.31. The zero-order valence-corrected chi connectivity index (χ0v) is 19.7. The Hall–Kier alpha value is -2.42. The molecule has 6 nitrogen and oxygen atoms in total. The Morgan fingerprint density at radius 2 is 1.77 bits per heavy atom. The number of amides is 1. The molecule has 1 N–H and O–H groups in total. The molecular formula is C22H22ClN3O3S2. The van der Waals surface area contributed by atoms with E-state index in [1.54, 1.807) is 24.3 Å². The summed E-state index contributed by atoms with van der Waals surface area (Å²) in [4.78, 5) is 24.4. The van der Waals surface area contributed by atoms with E-state index in [1.165, 1.54) is 30.2 Å². The van der Waals surface area contributed by atoms with Crippen LogP contribution in [-0.2, 0) is 15.3 Å². The second-order valence-electron chi connectivity index (χ2n) is 7.11. The molecule has 9 heteroatoms. The molecule has 0 bridgehead atoms. The summed E-state index contributed by atoms with van der Waals surface area (Å²) in [5, 5.41) is 12.2. The van der Waals surface area contributed by atoms with Gasteiger partial charge in [-0.25, -0.2) is 4.79 Å². The monoisotopic (exact) mass is 475 g/mol. The number of nitrogens with zero attached hydrogens (tertiary/aromatic N) is 2. The third-order valence-electron chi connectivity index (χ3n) is 4.55.